The molecule has 0 aromatic heterocycles. The zero-order chi connectivity index (χ0) is 19.7. The summed E-state index contributed by atoms with van der Waals surface area (Å²) in [5.74, 6) is -1.14. The van der Waals surface area contributed by atoms with E-state index in [0.29, 0.717) is 12.8 Å². The van der Waals surface area contributed by atoms with Crippen molar-refractivity contribution in [3.05, 3.63) is 35.9 Å². The lowest BCUT2D eigenvalue weighted by molar-refractivity contribution is -0.141. The average Bonchev–Trinajstić information content (AvgIpc) is 2.66. The molecule has 1 aromatic carbocycles. The van der Waals surface area contributed by atoms with Gasteiger partial charge in [0.2, 0.25) is 5.91 Å². The molecule has 0 heterocycles. The predicted molar refractivity (Wildman–Crippen MR) is 111 cm³/mol. The number of carbonyl (C=O) groups excluding carboxylic acids is 1. The second-order valence-electron chi connectivity index (χ2n) is 7.43. The van der Waals surface area contributed by atoms with Gasteiger partial charge in [0.15, 0.2) is 0 Å². The first-order valence-corrected chi connectivity index (χ1v) is 10.7. The fraction of sp³-hybridized carbons (Fsp3) is 0.652. The Hall–Kier alpha value is -1.84. The van der Waals surface area contributed by atoms with Crippen molar-refractivity contribution < 1.29 is 14.7 Å². The molecule has 0 fully saturated rings. The molecule has 1 rings (SSSR count). The third-order valence-electron chi connectivity index (χ3n) is 4.92. The molecule has 0 aliphatic rings. The summed E-state index contributed by atoms with van der Waals surface area (Å²) in [6, 6.07) is 8.55. The summed E-state index contributed by atoms with van der Waals surface area (Å²) in [5.41, 5.74) is 0.917. The third kappa shape index (κ3) is 12.2. The Morgan fingerprint density at radius 2 is 1.37 bits per heavy atom. The van der Waals surface area contributed by atoms with Gasteiger partial charge in [0.25, 0.3) is 0 Å². The van der Waals surface area contributed by atoms with Crippen molar-refractivity contribution in [3.8, 4) is 0 Å². The number of aliphatic carboxylic acids is 1. The molecule has 1 unspecified atom stereocenters. The van der Waals surface area contributed by atoms with Crippen LogP contribution in [0.3, 0.4) is 0 Å². The summed E-state index contributed by atoms with van der Waals surface area (Å²) in [4.78, 5) is 23.4. The van der Waals surface area contributed by atoms with Crippen LogP contribution in [0.5, 0.6) is 0 Å². The fourth-order valence-electron chi connectivity index (χ4n) is 3.27. The number of hydrogen-bond donors (Lipinski definition) is 2. The molecule has 0 aliphatic heterocycles. The van der Waals surface area contributed by atoms with Crippen molar-refractivity contribution >= 4 is 11.9 Å². The number of carboxylic acids is 1. The molecule has 1 amide bonds. The molecule has 152 valence electrons. The Morgan fingerprint density at radius 3 is 1.89 bits per heavy atom. The van der Waals surface area contributed by atoms with Gasteiger partial charge in [-0.1, -0.05) is 101 Å². The zero-order valence-corrected chi connectivity index (χ0v) is 16.9. The average molecular weight is 376 g/mol. The molecule has 0 radical (unpaired) electrons. The highest BCUT2D eigenvalue weighted by molar-refractivity contribution is 5.83. The normalized spacial score (nSPS) is 11.9. The molecule has 0 spiro atoms. The van der Waals surface area contributed by atoms with Gasteiger partial charge in [-0.3, -0.25) is 4.79 Å². The van der Waals surface area contributed by atoms with Crippen LogP contribution >= 0.6 is 0 Å². The summed E-state index contributed by atoms with van der Waals surface area (Å²) < 4.78 is 0. The van der Waals surface area contributed by atoms with Crippen LogP contribution in [0.2, 0.25) is 0 Å². The van der Waals surface area contributed by atoms with Gasteiger partial charge < -0.3 is 10.4 Å². The van der Waals surface area contributed by atoms with Crippen LogP contribution in [-0.4, -0.2) is 23.0 Å². The van der Waals surface area contributed by atoms with Crippen LogP contribution in [0.1, 0.15) is 89.5 Å². The SMILES string of the molecule is CCCCCCCCCCCCCC(=O)NC(Cc1ccccc1)C(=O)O. The second-order valence-corrected chi connectivity index (χ2v) is 7.43. The summed E-state index contributed by atoms with van der Waals surface area (Å²) in [6.45, 7) is 2.24. The Morgan fingerprint density at radius 1 is 0.852 bits per heavy atom. The quantitative estimate of drug-likeness (QED) is 0.375. The van der Waals surface area contributed by atoms with Crippen LogP contribution in [-0.2, 0) is 16.0 Å². The topological polar surface area (TPSA) is 66.4 Å². The maximum absolute atomic E-state index is 12.0. The summed E-state index contributed by atoms with van der Waals surface area (Å²) >= 11 is 0. The third-order valence-corrected chi connectivity index (χ3v) is 4.92. The van der Waals surface area contributed by atoms with E-state index in [1.165, 1.54) is 51.4 Å². The Balaban J connectivity index is 2.07. The molecule has 2 N–H and O–H groups in total. The minimum Gasteiger partial charge on any atom is -0.480 e. The zero-order valence-electron chi connectivity index (χ0n) is 16.9. The number of carbonyl (C=O) groups is 2. The number of rotatable bonds is 16. The van der Waals surface area contributed by atoms with E-state index < -0.39 is 12.0 Å². The van der Waals surface area contributed by atoms with E-state index in [-0.39, 0.29) is 5.91 Å². The van der Waals surface area contributed by atoms with Gasteiger partial charge in [0.1, 0.15) is 6.04 Å². The minimum absolute atomic E-state index is 0.158. The van der Waals surface area contributed by atoms with Crippen LogP contribution < -0.4 is 5.32 Å². The number of nitrogens with one attached hydrogen (secondary N) is 1. The molecule has 1 aromatic rings. The van der Waals surface area contributed by atoms with E-state index >= 15 is 0 Å². The largest absolute Gasteiger partial charge is 0.480 e. The summed E-state index contributed by atoms with van der Waals surface area (Å²) in [6.07, 6.45) is 14.4. The molecule has 0 saturated carbocycles. The van der Waals surface area contributed by atoms with Gasteiger partial charge in [0.05, 0.1) is 0 Å². The highest BCUT2D eigenvalue weighted by Crippen LogP contribution is 2.12. The highest BCUT2D eigenvalue weighted by Gasteiger charge is 2.19. The Labute approximate surface area is 164 Å². The van der Waals surface area contributed by atoms with E-state index in [1.54, 1.807) is 0 Å². The number of unbranched alkanes of at least 4 members (excludes halogenated alkanes) is 10. The monoisotopic (exact) mass is 375 g/mol. The lowest BCUT2D eigenvalue weighted by Crippen LogP contribution is -2.42. The van der Waals surface area contributed by atoms with Crippen LogP contribution in [0, 0.1) is 0 Å². The first kappa shape index (κ1) is 23.2. The first-order valence-electron chi connectivity index (χ1n) is 10.7. The van der Waals surface area contributed by atoms with Gasteiger partial charge in [0, 0.05) is 12.8 Å². The summed E-state index contributed by atoms with van der Waals surface area (Å²) in [7, 11) is 0. The van der Waals surface area contributed by atoms with Crippen LogP contribution in [0.15, 0.2) is 30.3 Å². The van der Waals surface area contributed by atoms with Crippen molar-refractivity contribution in [2.45, 2.75) is 96.4 Å². The molecule has 0 bridgehead atoms. The van der Waals surface area contributed by atoms with E-state index in [2.05, 4.69) is 12.2 Å². The van der Waals surface area contributed by atoms with E-state index in [9.17, 15) is 14.7 Å². The van der Waals surface area contributed by atoms with Crippen LogP contribution in [0.4, 0.5) is 0 Å². The maximum atomic E-state index is 12.0. The number of amides is 1. The molecule has 0 saturated heterocycles. The standard InChI is InChI=1S/C23H37NO3/c1-2-3-4-5-6-7-8-9-10-11-15-18-22(25)24-21(23(26)27)19-20-16-13-12-14-17-20/h12-14,16-17,21H,2-11,15,18-19H2,1H3,(H,24,25)(H,26,27). The highest BCUT2D eigenvalue weighted by atomic mass is 16.4. The maximum Gasteiger partial charge on any atom is 0.326 e. The Bertz CT molecular complexity index is 516. The predicted octanol–water partition coefficient (Wildman–Crippen LogP) is 5.50. The second kappa shape index (κ2) is 15.2. The number of benzene rings is 1. The lowest BCUT2D eigenvalue weighted by atomic mass is 10.0. The van der Waals surface area contributed by atoms with E-state index in [0.717, 1.165) is 24.8 Å². The Kier molecular flexibility index (Phi) is 13.1. The van der Waals surface area contributed by atoms with Crippen molar-refractivity contribution in [2.75, 3.05) is 0 Å². The van der Waals surface area contributed by atoms with Crippen molar-refractivity contribution in [1.82, 2.24) is 5.32 Å². The molecule has 4 heteroatoms. The van der Waals surface area contributed by atoms with E-state index in [4.69, 9.17) is 0 Å². The van der Waals surface area contributed by atoms with Gasteiger partial charge in [-0.2, -0.15) is 0 Å². The first-order chi connectivity index (χ1) is 13.1. The number of carboxylic acid groups (broad SMARTS) is 1. The van der Waals surface area contributed by atoms with Crippen molar-refractivity contribution in [2.24, 2.45) is 0 Å². The van der Waals surface area contributed by atoms with Crippen molar-refractivity contribution in [3.63, 3.8) is 0 Å². The van der Waals surface area contributed by atoms with Gasteiger partial charge in [-0.25, -0.2) is 4.79 Å². The number of hydrogen-bond acceptors (Lipinski definition) is 2. The minimum atomic E-state index is -0.980. The van der Waals surface area contributed by atoms with E-state index in [1.807, 2.05) is 30.3 Å². The molecular weight excluding hydrogens is 338 g/mol. The van der Waals surface area contributed by atoms with Crippen LogP contribution in [0.25, 0.3) is 0 Å². The molecule has 27 heavy (non-hydrogen) atoms. The molecule has 0 aliphatic carbocycles. The smallest absolute Gasteiger partial charge is 0.326 e. The molecule has 1 atom stereocenters. The van der Waals surface area contributed by atoms with Gasteiger partial charge in [-0.05, 0) is 12.0 Å². The summed E-state index contributed by atoms with van der Waals surface area (Å²) in [5, 5.41) is 12.0. The van der Waals surface area contributed by atoms with Crippen molar-refractivity contribution in [1.29, 1.82) is 0 Å². The van der Waals surface area contributed by atoms with Gasteiger partial charge in [-0.15, -0.1) is 0 Å². The van der Waals surface area contributed by atoms with Gasteiger partial charge >= 0.3 is 5.97 Å². The fourth-order valence-corrected chi connectivity index (χ4v) is 3.27. The molecular formula is C23H37NO3. The lowest BCUT2D eigenvalue weighted by Gasteiger charge is -2.14. The molecule has 4 nitrogen and oxygen atoms in total.